The Labute approximate surface area is 166 Å². The van der Waals surface area contributed by atoms with Crippen LogP contribution in [0.5, 0.6) is 0 Å². The van der Waals surface area contributed by atoms with Crippen molar-refractivity contribution < 1.29 is 4.79 Å². The molecule has 0 saturated carbocycles. The predicted octanol–water partition coefficient (Wildman–Crippen LogP) is 4.90. The zero-order valence-electron chi connectivity index (χ0n) is 15.6. The highest BCUT2D eigenvalue weighted by Gasteiger charge is 2.23. The standard InChI is InChI=1S/C22H18N4OS/c1-13-11-14(2)26(25-13)19-10-9-15-5-3-7-17(21(15)24-19)23-22(27)20-16-6-4-8-18(20)28-12-16/h3-11H,12H2,1-2H3,(H,23,27). The first-order valence-electron chi connectivity index (χ1n) is 9.09. The molecule has 0 spiro atoms. The molecule has 0 radical (unpaired) electrons. The van der Waals surface area contributed by atoms with Gasteiger partial charge in [-0.3, -0.25) is 4.79 Å². The smallest absolute Gasteiger partial charge is 0.257 e. The number of nitrogens with zero attached hydrogens (tertiary/aromatic N) is 3. The zero-order chi connectivity index (χ0) is 19.3. The summed E-state index contributed by atoms with van der Waals surface area (Å²) in [6.07, 6.45) is 0. The van der Waals surface area contributed by atoms with Crippen molar-refractivity contribution in [3.05, 3.63) is 77.1 Å². The Hall–Kier alpha value is -3.12. The fourth-order valence-electron chi connectivity index (χ4n) is 3.63. The third-order valence-corrected chi connectivity index (χ3v) is 6.01. The quantitative estimate of drug-likeness (QED) is 0.544. The van der Waals surface area contributed by atoms with Crippen molar-refractivity contribution in [2.45, 2.75) is 24.5 Å². The number of rotatable bonds is 3. The average Bonchev–Trinajstić information content (AvgIpc) is 3.16. The van der Waals surface area contributed by atoms with Gasteiger partial charge in [-0.1, -0.05) is 24.3 Å². The zero-order valence-corrected chi connectivity index (χ0v) is 16.4. The average molecular weight is 386 g/mol. The number of thioether (sulfide) groups is 1. The number of anilines is 1. The minimum absolute atomic E-state index is 0.0820. The third-order valence-electron chi connectivity index (χ3n) is 4.90. The van der Waals surface area contributed by atoms with Crippen molar-refractivity contribution in [1.82, 2.24) is 14.8 Å². The van der Waals surface area contributed by atoms with Gasteiger partial charge in [0.05, 0.1) is 22.5 Å². The lowest BCUT2D eigenvalue weighted by Crippen LogP contribution is -2.14. The van der Waals surface area contributed by atoms with E-state index in [1.54, 1.807) is 11.8 Å². The minimum Gasteiger partial charge on any atom is -0.320 e. The van der Waals surface area contributed by atoms with E-state index in [0.717, 1.165) is 49.9 Å². The summed E-state index contributed by atoms with van der Waals surface area (Å²) in [5.41, 5.74) is 5.29. The number of para-hydroxylation sites is 1. The number of fused-ring (bicyclic) bond motifs is 3. The van der Waals surface area contributed by atoms with E-state index in [2.05, 4.69) is 10.4 Å². The number of hydrogen-bond donors (Lipinski definition) is 1. The first-order chi connectivity index (χ1) is 13.6. The number of aryl methyl sites for hydroxylation is 2. The van der Waals surface area contributed by atoms with E-state index < -0.39 is 0 Å². The maximum atomic E-state index is 13.0. The van der Waals surface area contributed by atoms with Gasteiger partial charge in [-0.15, -0.1) is 11.8 Å². The van der Waals surface area contributed by atoms with Crippen LogP contribution in [0, 0.1) is 13.8 Å². The molecule has 2 aromatic carbocycles. The first kappa shape index (κ1) is 17.0. The van der Waals surface area contributed by atoms with Gasteiger partial charge < -0.3 is 5.32 Å². The fraction of sp³-hybridized carbons (Fsp3) is 0.136. The molecule has 2 bridgehead atoms. The Kier molecular flexibility index (Phi) is 3.94. The van der Waals surface area contributed by atoms with Crippen LogP contribution >= 0.6 is 11.8 Å². The number of amides is 1. The van der Waals surface area contributed by atoms with Gasteiger partial charge in [0.1, 0.15) is 0 Å². The van der Waals surface area contributed by atoms with Gasteiger partial charge in [-0.05, 0) is 49.7 Å². The monoisotopic (exact) mass is 386 g/mol. The lowest BCUT2D eigenvalue weighted by molar-refractivity contribution is 0.102. The Balaban J connectivity index is 1.57. The number of hydrogen-bond acceptors (Lipinski definition) is 4. The van der Waals surface area contributed by atoms with Crippen molar-refractivity contribution in [2.75, 3.05) is 5.32 Å². The van der Waals surface area contributed by atoms with Crippen molar-refractivity contribution >= 4 is 34.3 Å². The Bertz CT molecular complexity index is 1220. The van der Waals surface area contributed by atoms with Crippen molar-refractivity contribution in [1.29, 1.82) is 0 Å². The van der Waals surface area contributed by atoms with Crippen LogP contribution in [0.25, 0.3) is 16.7 Å². The van der Waals surface area contributed by atoms with E-state index in [1.807, 2.05) is 73.1 Å². The van der Waals surface area contributed by atoms with Gasteiger partial charge in [0, 0.05) is 21.7 Å². The van der Waals surface area contributed by atoms with E-state index >= 15 is 0 Å². The van der Waals surface area contributed by atoms with Crippen LogP contribution in [-0.2, 0) is 5.75 Å². The molecule has 1 N–H and O–H groups in total. The molecule has 4 aromatic rings. The normalized spacial score (nSPS) is 12.5. The molecule has 28 heavy (non-hydrogen) atoms. The lowest BCUT2D eigenvalue weighted by atomic mass is 10.1. The molecule has 3 heterocycles. The Morgan fingerprint density at radius 3 is 2.75 bits per heavy atom. The second kappa shape index (κ2) is 6.49. The molecule has 5 rings (SSSR count). The van der Waals surface area contributed by atoms with E-state index in [-0.39, 0.29) is 5.91 Å². The number of benzene rings is 2. The summed E-state index contributed by atoms with van der Waals surface area (Å²) in [5, 5.41) is 8.57. The third kappa shape index (κ3) is 2.77. The molecule has 2 aromatic heterocycles. The summed E-state index contributed by atoms with van der Waals surface area (Å²) in [6, 6.07) is 17.8. The molecule has 0 atom stereocenters. The van der Waals surface area contributed by atoms with Crippen LogP contribution in [0.2, 0.25) is 0 Å². The topological polar surface area (TPSA) is 59.8 Å². The summed E-state index contributed by atoms with van der Waals surface area (Å²) >= 11 is 1.70. The molecule has 0 aliphatic carbocycles. The number of carbonyl (C=O) groups is 1. The maximum Gasteiger partial charge on any atom is 0.257 e. The fourth-order valence-corrected chi connectivity index (χ4v) is 4.73. The number of carbonyl (C=O) groups excluding carboxylic acids is 1. The molecule has 0 fully saturated rings. The highest BCUT2D eigenvalue weighted by atomic mass is 32.2. The molecular weight excluding hydrogens is 368 g/mol. The van der Waals surface area contributed by atoms with Crippen LogP contribution < -0.4 is 5.32 Å². The van der Waals surface area contributed by atoms with Gasteiger partial charge >= 0.3 is 0 Å². The van der Waals surface area contributed by atoms with Gasteiger partial charge in [0.25, 0.3) is 5.91 Å². The van der Waals surface area contributed by atoms with Crippen LogP contribution in [0.15, 0.2) is 59.5 Å². The second-order valence-corrected chi connectivity index (χ2v) is 7.94. The van der Waals surface area contributed by atoms with Crippen LogP contribution in [0.1, 0.15) is 27.3 Å². The van der Waals surface area contributed by atoms with Gasteiger partial charge in [-0.25, -0.2) is 9.67 Å². The number of nitrogens with one attached hydrogen (secondary N) is 1. The van der Waals surface area contributed by atoms with Crippen molar-refractivity contribution in [3.8, 4) is 5.82 Å². The maximum absolute atomic E-state index is 13.0. The lowest BCUT2D eigenvalue weighted by Gasteiger charge is -2.11. The van der Waals surface area contributed by atoms with Gasteiger partial charge in [0.15, 0.2) is 5.82 Å². The van der Waals surface area contributed by atoms with E-state index in [1.165, 1.54) is 0 Å². The highest BCUT2D eigenvalue weighted by Crippen LogP contribution is 2.37. The van der Waals surface area contributed by atoms with E-state index in [4.69, 9.17) is 4.98 Å². The molecule has 6 heteroatoms. The number of pyridine rings is 1. The van der Waals surface area contributed by atoms with E-state index in [9.17, 15) is 4.79 Å². The molecule has 1 aliphatic heterocycles. The van der Waals surface area contributed by atoms with Gasteiger partial charge in [0.2, 0.25) is 0 Å². The molecular formula is C22H18N4OS. The SMILES string of the molecule is Cc1cc(C)n(-c2ccc3cccc(NC(=O)c4c5cccc4SC5)c3n2)n1. The largest absolute Gasteiger partial charge is 0.320 e. The Morgan fingerprint density at radius 2 is 1.96 bits per heavy atom. The van der Waals surface area contributed by atoms with Crippen LogP contribution in [-0.4, -0.2) is 20.7 Å². The molecule has 0 unspecified atom stereocenters. The van der Waals surface area contributed by atoms with Crippen molar-refractivity contribution in [2.24, 2.45) is 0 Å². The van der Waals surface area contributed by atoms with Crippen LogP contribution in [0.3, 0.4) is 0 Å². The van der Waals surface area contributed by atoms with Crippen molar-refractivity contribution in [3.63, 3.8) is 0 Å². The second-order valence-electron chi connectivity index (χ2n) is 6.92. The summed E-state index contributed by atoms with van der Waals surface area (Å²) in [5.74, 6) is 1.50. The summed E-state index contributed by atoms with van der Waals surface area (Å²) in [6.45, 7) is 3.97. The number of aromatic nitrogens is 3. The molecule has 1 aliphatic rings. The van der Waals surface area contributed by atoms with Crippen LogP contribution in [0.4, 0.5) is 5.69 Å². The first-order valence-corrected chi connectivity index (χ1v) is 10.1. The summed E-state index contributed by atoms with van der Waals surface area (Å²) < 4.78 is 1.82. The minimum atomic E-state index is -0.0820. The highest BCUT2D eigenvalue weighted by molar-refractivity contribution is 7.99. The Morgan fingerprint density at radius 1 is 1.11 bits per heavy atom. The predicted molar refractivity (Wildman–Crippen MR) is 112 cm³/mol. The van der Waals surface area contributed by atoms with E-state index in [0.29, 0.717) is 5.69 Å². The molecule has 1 amide bonds. The summed E-state index contributed by atoms with van der Waals surface area (Å²) in [4.78, 5) is 18.8. The van der Waals surface area contributed by atoms with Gasteiger partial charge in [-0.2, -0.15) is 5.10 Å². The molecule has 138 valence electrons. The molecule has 5 nitrogen and oxygen atoms in total. The molecule has 0 saturated heterocycles. The summed E-state index contributed by atoms with van der Waals surface area (Å²) in [7, 11) is 0.